The Kier molecular flexibility index (Phi) is 7.29. The maximum atomic E-state index is 12.1. The summed E-state index contributed by atoms with van der Waals surface area (Å²) in [5.41, 5.74) is 1.16. The largest absolute Gasteiger partial charge is 0.375 e. The first kappa shape index (κ1) is 22.6. The van der Waals surface area contributed by atoms with Crippen LogP contribution in [0.15, 0.2) is 36.5 Å². The van der Waals surface area contributed by atoms with E-state index < -0.39 is 0 Å². The number of methoxy groups -OCH3 is 1. The number of thiazole rings is 1. The van der Waals surface area contributed by atoms with E-state index in [0.29, 0.717) is 0 Å². The zero-order valence-electron chi connectivity index (χ0n) is 18.8. The number of benzene rings is 1. The minimum Gasteiger partial charge on any atom is -0.375 e. The second-order valence-electron chi connectivity index (χ2n) is 8.37. The summed E-state index contributed by atoms with van der Waals surface area (Å²) in [5, 5.41) is 13.0. The summed E-state index contributed by atoms with van der Waals surface area (Å²) in [6, 6.07) is 10.1. The number of nitrogens with one attached hydrogen (secondary N) is 1. The fourth-order valence-electron chi connectivity index (χ4n) is 3.97. The number of rotatable bonds is 8. The van der Waals surface area contributed by atoms with Crippen molar-refractivity contribution >= 4 is 17.2 Å². The van der Waals surface area contributed by atoms with E-state index in [-0.39, 0.29) is 24.5 Å². The number of amides is 1. The summed E-state index contributed by atoms with van der Waals surface area (Å²) in [6.45, 7) is 7.68. The number of fused-ring (bicyclic) bond motifs is 1. The maximum Gasteiger partial charge on any atom is 0.246 e. The van der Waals surface area contributed by atoms with Crippen molar-refractivity contribution in [2.75, 3.05) is 26.8 Å². The van der Waals surface area contributed by atoms with Crippen LogP contribution in [0.25, 0.3) is 10.6 Å². The van der Waals surface area contributed by atoms with Gasteiger partial charge in [0.05, 0.1) is 6.04 Å². The average molecular weight is 455 g/mol. The van der Waals surface area contributed by atoms with Crippen LogP contribution in [0.2, 0.25) is 0 Å². The van der Waals surface area contributed by atoms with Crippen LogP contribution in [-0.4, -0.2) is 57.4 Å². The van der Waals surface area contributed by atoms with Crippen LogP contribution in [0.3, 0.4) is 0 Å². The summed E-state index contributed by atoms with van der Waals surface area (Å²) >= 11 is 1.75. The molecule has 8 nitrogen and oxygen atoms in total. The highest BCUT2D eigenvalue weighted by atomic mass is 32.1. The maximum absolute atomic E-state index is 12.1. The van der Waals surface area contributed by atoms with Gasteiger partial charge in [-0.15, -0.1) is 21.5 Å². The van der Waals surface area contributed by atoms with E-state index in [9.17, 15) is 4.79 Å². The van der Waals surface area contributed by atoms with Gasteiger partial charge in [-0.2, -0.15) is 0 Å². The Balaban J connectivity index is 1.43. The lowest BCUT2D eigenvalue weighted by Crippen LogP contribution is -2.36. The van der Waals surface area contributed by atoms with Crippen LogP contribution in [0.1, 0.15) is 36.4 Å². The Hall–Kier alpha value is -2.62. The smallest absolute Gasteiger partial charge is 0.246 e. The number of carbonyl (C=O) groups excluding carboxylic acids is 1. The molecule has 1 aliphatic rings. The van der Waals surface area contributed by atoms with Gasteiger partial charge in [0.15, 0.2) is 5.82 Å². The molecule has 1 aromatic carbocycles. The van der Waals surface area contributed by atoms with E-state index in [1.54, 1.807) is 11.3 Å². The molecule has 2 aromatic heterocycles. The van der Waals surface area contributed by atoms with Gasteiger partial charge >= 0.3 is 0 Å². The monoisotopic (exact) mass is 454 g/mol. The summed E-state index contributed by atoms with van der Waals surface area (Å²) < 4.78 is 7.15. The molecule has 9 heteroatoms. The highest BCUT2D eigenvalue weighted by molar-refractivity contribution is 7.15. The second-order valence-corrected chi connectivity index (χ2v) is 9.49. The molecule has 1 unspecified atom stereocenters. The summed E-state index contributed by atoms with van der Waals surface area (Å²) in [5.74, 6) is 1.85. The van der Waals surface area contributed by atoms with Gasteiger partial charge in [0.25, 0.3) is 0 Å². The zero-order valence-corrected chi connectivity index (χ0v) is 19.6. The highest BCUT2D eigenvalue weighted by Crippen LogP contribution is 2.27. The number of carbonyl (C=O) groups is 1. The summed E-state index contributed by atoms with van der Waals surface area (Å²) in [4.78, 5) is 20.5. The molecule has 1 amide bonds. The molecule has 0 aliphatic carbocycles. The fraction of sp³-hybridized carbons (Fsp3) is 0.478. The number of aromatic nitrogens is 4. The SMILES string of the molecule is COCC(=O)NC(c1nnc2n1CCN(Cc1cnc(-c3ccccc3)s1)CC2)C(C)C. The van der Waals surface area contributed by atoms with Crippen LogP contribution in [0.4, 0.5) is 0 Å². The van der Waals surface area contributed by atoms with E-state index in [2.05, 4.69) is 55.9 Å². The first-order valence-electron chi connectivity index (χ1n) is 11.0. The Morgan fingerprint density at radius 1 is 1.19 bits per heavy atom. The van der Waals surface area contributed by atoms with Crippen LogP contribution >= 0.6 is 11.3 Å². The lowest BCUT2D eigenvalue weighted by Gasteiger charge is -2.23. The van der Waals surface area contributed by atoms with Crippen LogP contribution in [-0.2, 0) is 29.0 Å². The van der Waals surface area contributed by atoms with Gasteiger partial charge in [-0.25, -0.2) is 4.98 Å². The zero-order chi connectivity index (χ0) is 22.5. The Morgan fingerprint density at radius 3 is 2.75 bits per heavy atom. The lowest BCUT2D eigenvalue weighted by atomic mass is 10.0. The van der Waals surface area contributed by atoms with Crippen LogP contribution in [0.5, 0.6) is 0 Å². The molecule has 170 valence electrons. The van der Waals surface area contributed by atoms with E-state index in [0.717, 1.165) is 54.8 Å². The van der Waals surface area contributed by atoms with Crippen molar-refractivity contribution < 1.29 is 9.53 Å². The number of ether oxygens (including phenoxy) is 1. The molecular formula is C23H30N6O2S. The molecule has 1 atom stereocenters. The number of hydrogen-bond donors (Lipinski definition) is 1. The summed E-state index contributed by atoms with van der Waals surface area (Å²) in [7, 11) is 1.52. The number of nitrogens with zero attached hydrogens (tertiary/aromatic N) is 5. The first-order chi connectivity index (χ1) is 15.5. The van der Waals surface area contributed by atoms with Crippen molar-refractivity contribution in [1.82, 2.24) is 30.0 Å². The van der Waals surface area contributed by atoms with Crippen molar-refractivity contribution in [3.8, 4) is 10.6 Å². The average Bonchev–Trinajstić information content (AvgIpc) is 3.36. The molecule has 32 heavy (non-hydrogen) atoms. The summed E-state index contributed by atoms with van der Waals surface area (Å²) in [6.07, 6.45) is 2.82. The molecule has 0 bridgehead atoms. The molecule has 4 rings (SSSR count). The molecule has 0 spiro atoms. The second kappa shape index (κ2) is 10.3. The van der Waals surface area contributed by atoms with Crippen LogP contribution < -0.4 is 5.32 Å². The van der Waals surface area contributed by atoms with Crippen molar-refractivity contribution in [2.45, 2.75) is 39.4 Å². The third kappa shape index (κ3) is 5.23. The van der Waals surface area contributed by atoms with E-state index in [1.165, 1.54) is 12.0 Å². The standard InChI is InChI=1S/C23H30N6O2S/c1-16(2)21(25-20(30)15-31-3)22-27-26-19-9-10-28(11-12-29(19)22)14-18-13-24-23(32-18)17-7-5-4-6-8-17/h4-8,13,16,21H,9-12,14-15H2,1-3H3,(H,25,30). The topological polar surface area (TPSA) is 85.2 Å². The minimum atomic E-state index is -0.194. The molecule has 0 fully saturated rings. The Bertz CT molecular complexity index is 1030. The molecule has 0 radical (unpaired) electrons. The van der Waals surface area contributed by atoms with Crippen LogP contribution in [0, 0.1) is 5.92 Å². The molecule has 0 saturated heterocycles. The predicted octanol–water partition coefficient (Wildman–Crippen LogP) is 2.92. The van der Waals surface area contributed by atoms with Gasteiger partial charge in [-0.3, -0.25) is 9.69 Å². The lowest BCUT2D eigenvalue weighted by molar-refractivity contribution is -0.125. The minimum absolute atomic E-state index is 0.0395. The van der Waals surface area contributed by atoms with Gasteiger partial charge in [-0.1, -0.05) is 44.2 Å². The highest BCUT2D eigenvalue weighted by Gasteiger charge is 2.27. The first-order valence-corrected chi connectivity index (χ1v) is 11.8. The molecule has 0 saturated carbocycles. The van der Waals surface area contributed by atoms with Crippen molar-refractivity contribution in [2.24, 2.45) is 5.92 Å². The molecule has 1 aliphatic heterocycles. The molecule has 1 N–H and O–H groups in total. The number of hydrogen-bond acceptors (Lipinski definition) is 7. The predicted molar refractivity (Wildman–Crippen MR) is 124 cm³/mol. The Labute approximate surface area is 192 Å². The van der Waals surface area contributed by atoms with Gasteiger partial charge in [0, 0.05) is 56.3 Å². The third-order valence-electron chi connectivity index (χ3n) is 5.64. The Morgan fingerprint density at radius 2 is 2.00 bits per heavy atom. The van der Waals surface area contributed by atoms with Gasteiger partial charge < -0.3 is 14.6 Å². The van der Waals surface area contributed by atoms with Gasteiger partial charge in [0.1, 0.15) is 17.4 Å². The van der Waals surface area contributed by atoms with Crippen molar-refractivity contribution in [3.05, 3.63) is 53.1 Å². The molecule has 3 aromatic rings. The van der Waals surface area contributed by atoms with Crippen molar-refractivity contribution in [1.29, 1.82) is 0 Å². The quantitative estimate of drug-likeness (QED) is 0.563. The van der Waals surface area contributed by atoms with E-state index in [1.807, 2.05) is 24.4 Å². The normalized spacial score (nSPS) is 15.4. The molecule has 3 heterocycles. The van der Waals surface area contributed by atoms with Crippen molar-refractivity contribution in [3.63, 3.8) is 0 Å². The molecular weight excluding hydrogens is 424 g/mol. The fourth-order valence-corrected chi connectivity index (χ4v) is 4.93. The third-order valence-corrected chi connectivity index (χ3v) is 6.67. The van der Waals surface area contributed by atoms with Gasteiger partial charge in [0.2, 0.25) is 5.91 Å². The van der Waals surface area contributed by atoms with Gasteiger partial charge in [-0.05, 0) is 5.92 Å². The van der Waals surface area contributed by atoms with E-state index in [4.69, 9.17) is 4.74 Å². The van der Waals surface area contributed by atoms with E-state index >= 15 is 0 Å².